The van der Waals surface area contributed by atoms with E-state index in [9.17, 15) is 0 Å². The predicted octanol–water partition coefficient (Wildman–Crippen LogP) is 2.74. The zero-order valence-corrected chi connectivity index (χ0v) is 12.9. The number of hydrogen-bond donors (Lipinski definition) is 3. The van der Waals surface area contributed by atoms with E-state index in [0.717, 1.165) is 24.5 Å². The van der Waals surface area contributed by atoms with E-state index >= 15 is 0 Å². The monoisotopic (exact) mass is 291 g/mol. The van der Waals surface area contributed by atoms with Gasteiger partial charge < -0.3 is 10.7 Å². The lowest BCUT2D eigenvalue weighted by Crippen LogP contribution is -2.20. The molecule has 2 rings (SSSR count). The molecule has 0 saturated carbocycles. The third-order valence-electron chi connectivity index (χ3n) is 2.93. The maximum absolute atomic E-state index is 5.43. The summed E-state index contributed by atoms with van der Waals surface area (Å²) < 4.78 is 0. The van der Waals surface area contributed by atoms with Crippen LogP contribution in [0.25, 0.3) is 0 Å². The Bertz CT molecular complexity index is 544. The molecule has 20 heavy (non-hydrogen) atoms. The smallest absolute Gasteiger partial charge is 0.145 e. The molecule has 0 aliphatic carbocycles. The van der Waals surface area contributed by atoms with Gasteiger partial charge in [0.05, 0.1) is 0 Å². The normalized spacial score (nSPS) is 12.2. The fourth-order valence-electron chi connectivity index (χ4n) is 2.00. The minimum atomic E-state index is 0.304. The van der Waals surface area contributed by atoms with Crippen LogP contribution in [0.4, 0.5) is 11.6 Å². The van der Waals surface area contributed by atoms with Crippen LogP contribution in [0.15, 0.2) is 18.2 Å². The summed E-state index contributed by atoms with van der Waals surface area (Å²) in [4.78, 5) is 11.5. The first-order valence-electron chi connectivity index (χ1n) is 6.77. The van der Waals surface area contributed by atoms with E-state index in [1.807, 2.05) is 24.3 Å². The second kappa shape index (κ2) is 6.67. The summed E-state index contributed by atoms with van der Waals surface area (Å²) in [6.45, 7) is 6.30. The van der Waals surface area contributed by atoms with Crippen molar-refractivity contribution >= 4 is 23.0 Å². The average Bonchev–Trinajstić information content (AvgIpc) is 2.83. The zero-order valence-electron chi connectivity index (χ0n) is 12.1. The Balaban J connectivity index is 2.04. The molecule has 0 radical (unpaired) electrons. The first-order chi connectivity index (χ1) is 9.60. The van der Waals surface area contributed by atoms with Gasteiger partial charge >= 0.3 is 0 Å². The van der Waals surface area contributed by atoms with Crippen molar-refractivity contribution in [1.29, 1.82) is 0 Å². The van der Waals surface area contributed by atoms with Gasteiger partial charge in [0.25, 0.3) is 0 Å². The number of nitrogens with two attached hydrogens (primary N) is 1. The lowest BCUT2D eigenvalue weighted by atomic mass is 10.2. The van der Waals surface area contributed by atoms with Gasteiger partial charge in [0.15, 0.2) is 0 Å². The van der Waals surface area contributed by atoms with Crippen LogP contribution >= 0.6 is 11.3 Å². The quantitative estimate of drug-likeness (QED) is 0.563. The van der Waals surface area contributed by atoms with Crippen LogP contribution in [0.2, 0.25) is 0 Å². The first kappa shape index (κ1) is 14.7. The summed E-state index contributed by atoms with van der Waals surface area (Å²) in [5, 5.41) is 3.41. The maximum atomic E-state index is 5.43. The number of aromatic nitrogens is 2. The van der Waals surface area contributed by atoms with Crippen molar-refractivity contribution in [1.82, 2.24) is 9.97 Å². The standard InChI is InChI=1S/C14H21N5S/c1-4-12-17-13(8-14(18-12)19-15)16-9(2)7-11-6-5-10(3)20-11/h5-6,8-9H,4,7,15H2,1-3H3,(H2,16,17,18,19). The summed E-state index contributed by atoms with van der Waals surface area (Å²) in [6.07, 6.45) is 1.76. The molecule has 0 amide bonds. The van der Waals surface area contributed by atoms with Crippen molar-refractivity contribution in [3.63, 3.8) is 0 Å². The van der Waals surface area contributed by atoms with Crippen LogP contribution in [0.3, 0.4) is 0 Å². The highest BCUT2D eigenvalue weighted by Gasteiger charge is 2.08. The fourth-order valence-corrected chi connectivity index (χ4v) is 3.02. The number of hydrazine groups is 1. The Hall–Kier alpha value is -1.66. The van der Waals surface area contributed by atoms with E-state index in [0.29, 0.717) is 11.9 Å². The Morgan fingerprint density at radius 3 is 2.65 bits per heavy atom. The summed E-state index contributed by atoms with van der Waals surface area (Å²) in [5.74, 6) is 7.66. The van der Waals surface area contributed by atoms with Crippen molar-refractivity contribution in [3.8, 4) is 0 Å². The maximum Gasteiger partial charge on any atom is 0.145 e. The Kier molecular flexibility index (Phi) is 4.92. The predicted molar refractivity (Wildman–Crippen MR) is 85.1 cm³/mol. The van der Waals surface area contributed by atoms with E-state index in [2.05, 4.69) is 46.7 Å². The highest BCUT2D eigenvalue weighted by atomic mass is 32.1. The largest absolute Gasteiger partial charge is 0.367 e. The lowest BCUT2D eigenvalue weighted by molar-refractivity contribution is 0.789. The number of anilines is 2. The topological polar surface area (TPSA) is 75.9 Å². The van der Waals surface area contributed by atoms with Gasteiger partial charge in [0.1, 0.15) is 17.5 Å². The van der Waals surface area contributed by atoms with Gasteiger partial charge in [0, 0.05) is 34.7 Å². The van der Waals surface area contributed by atoms with E-state index < -0.39 is 0 Å². The molecule has 4 N–H and O–H groups in total. The SMILES string of the molecule is CCc1nc(NN)cc(NC(C)Cc2ccc(C)s2)n1. The van der Waals surface area contributed by atoms with Crippen LogP contribution < -0.4 is 16.6 Å². The van der Waals surface area contributed by atoms with Gasteiger partial charge in [-0.3, -0.25) is 0 Å². The number of nitrogen functional groups attached to an aromatic ring is 1. The highest BCUT2D eigenvalue weighted by Crippen LogP contribution is 2.18. The molecule has 6 heteroatoms. The first-order valence-corrected chi connectivity index (χ1v) is 7.58. The number of nitrogens with zero attached hydrogens (tertiary/aromatic N) is 2. The molecule has 0 aliphatic rings. The minimum Gasteiger partial charge on any atom is -0.367 e. The van der Waals surface area contributed by atoms with Crippen molar-refractivity contribution < 1.29 is 0 Å². The molecular weight excluding hydrogens is 270 g/mol. The summed E-state index contributed by atoms with van der Waals surface area (Å²) in [7, 11) is 0. The Labute approximate surface area is 123 Å². The summed E-state index contributed by atoms with van der Waals surface area (Å²) in [5.41, 5.74) is 2.58. The molecule has 5 nitrogen and oxygen atoms in total. The molecule has 0 saturated heterocycles. The van der Waals surface area contributed by atoms with Crippen LogP contribution in [0.1, 0.15) is 29.4 Å². The van der Waals surface area contributed by atoms with Crippen LogP contribution in [-0.2, 0) is 12.8 Å². The molecule has 2 heterocycles. The van der Waals surface area contributed by atoms with Crippen molar-refractivity contribution in [2.24, 2.45) is 5.84 Å². The lowest BCUT2D eigenvalue weighted by Gasteiger charge is -2.15. The number of nitrogens with one attached hydrogen (secondary N) is 2. The zero-order chi connectivity index (χ0) is 14.5. The molecule has 0 fully saturated rings. The minimum absolute atomic E-state index is 0.304. The van der Waals surface area contributed by atoms with Crippen LogP contribution in [0, 0.1) is 6.92 Å². The van der Waals surface area contributed by atoms with Crippen molar-refractivity contribution in [3.05, 3.63) is 33.8 Å². The molecule has 2 aromatic heterocycles. The molecule has 0 bridgehead atoms. The molecule has 0 aliphatic heterocycles. The number of thiophene rings is 1. The molecule has 2 aromatic rings. The van der Waals surface area contributed by atoms with Crippen molar-refractivity contribution in [2.45, 2.75) is 39.7 Å². The van der Waals surface area contributed by atoms with Crippen molar-refractivity contribution in [2.75, 3.05) is 10.7 Å². The van der Waals surface area contributed by atoms with Gasteiger partial charge in [0.2, 0.25) is 0 Å². The van der Waals surface area contributed by atoms with E-state index in [-0.39, 0.29) is 0 Å². The van der Waals surface area contributed by atoms with E-state index in [1.54, 1.807) is 0 Å². The highest BCUT2D eigenvalue weighted by molar-refractivity contribution is 7.11. The van der Waals surface area contributed by atoms with Gasteiger partial charge in [-0.25, -0.2) is 15.8 Å². The average molecular weight is 291 g/mol. The van der Waals surface area contributed by atoms with E-state index in [1.165, 1.54) is 9.75 Å². The molecule has 1 unspecified atom stereocenters. The van der Waals surface area contributed by atoms with Gasteiger partial charge in [-0.15, -0.1) is 11.3 Å². The van der Waals surface area contributed by atoms with Gasteiger partial charge in [-0.05, 0) is 26.0 Å². The van der Waals surface area contributed by atoms with Gasteiger partial charge in [-0.2, -0.15) is 0 Å². The fraction of sp³-hybridized carbons (Fsp3) is 0.429. The molecule has 1 atom stereocenters. The second-order valence-corrected chi connectivity index (χ2v) is 6.19. The number of hydrogen-bond acceptors (Lipinski definition) is 6. The van der Waals surface area contributed by atoms with Gasteiger partial charge in [-0.1, -0.05) is 6.92 Å². The Morgan fingerprint density at radius 2 is 2.05 bits per heavy atom. The number of aryl methyl sites for hydroxylation is 2. The summed E-state index contributed by atoms with van der Waals surface area (Å²) in [6, 6.07) is 6.47. The van der Waals surface area contributed by atoms with E-state index in [4.69, 9.17) is 5.84 Å². The third kappa shape index (κ3) is 3.91. The molecule has 0 spiro atoms. The summed E-state index contributed by atoms with van der Waals surface area (Å²) >= 11 is 1.84. The molecular formula is C14H21N5S. The van der Waals surface area contributed by atoms with Crippen LogP contribution in [0.5, 0.6) is 0 Å². The Morgan fingerprint density at radius 1 is 1.30 bits per heavy atom. The second-order valence-electron chi connectivity index (χ2n) is 4.81. The third-order valence-corrected chi connectivity index (χ3v) is 3.96. The van der Waals surface area contributed by atoms with Crippen LogP contribution in [-0.4, -0.2) is 16.0 Å². The number of rotatable bonds is 6. The molecule has 0 aromatic carbocycles. The molecule has 108 valence electrons.